The van der Waals surface area contributed by atoms with Crippen molar-refractivity contribution in [3.05, 3.63) is 29.8 Å². The van der Waals surface area contributed by atoms with Crippen LogP contribution in [-0.4, -0.2) is 36.2 Å². The summed E-state index contributed by atoms with van der Waals surface area (Å²) in [5, 5.41) is 9.30. The Morgan fingerprint density at radius 2 is 2.14 bits per heavy atom. The average Bonchev–Trinajstić information content (AvgIpc) is 3.12. The molecule has 5 nitrogen and oxygen atoms in total. The second-order valence-electron chi connectivity index (χ2n) is 5.63. The number of amides is 1. The first-order valence-electron chi connectivity index (χ1n) is 7.40. The molecule has 2 aliphatic heterocycles. The molecule has 1 saturated heterocycles. The van der Waals surface area contributed by atoms with Crippen molar-refractivity contribution in [2.45, 2.75) is 37.7 Å². The van der Waals surface area contributed by atoms with E-state index in [2.05, 4.69) is 0 Å². The van der Waals surface area contributed by atoms with Crippen LogP contribution in [0.4, 0.5) is 5.69 Å². The summed E-state index contributed by atoms with van der Waals surface area (Å²) in [6.07, 6.45) is 3.39. The number of ether oxygens (including phenoxy) is 1. The number of benzene rings is 1. The molecule has 2 unspecified atom stereocenters. The lowest BCUT2D eigenvalue weighted by Gasteiger charge is -2.18. The third-order valence-electron chi connectivity index (χ3n) is 4.27. The van der Waals surface area contributed by atoms with E-state index in [1.807, 2.05) is 18.2 Å². The molecule has 0 radical (unpaired) electrons. The molecular formula is C16H19NO4. The Morgan fingerprint density at radius 1 is 1.33 bits per heavy atom. The second kappa shape index (κ2) is 5.85. The Kier molecular flexibility index (Phi) is 3.92. The number of hydrogen-bond donors (Lipinski definition) is 1. The quantitative estimate of drug-likeness (QED) is 0.922. The van der Waals surface area contributed by atoms with Gasteiger partial charge in [-0.05, 0) is 30.9 Å². The molecule has 2 atom stereocenters. The molecule has 1 fully saturated rings. The largest absolute Gasteiger partial charge is 0.481 e. The van der Waals surface area contributed by atoms with E-state index < -0.39 is 11.9 Å². The highest BCUT2D eigenvalue weighted by Gasteiger charge is 2.36. The first-order valence-corrected chi connectivity index (χ1v) is 7.40. The van der Waals surface area contributed by atoms with Crippen molar-refractivity contribution in [2.24, 2.45) is 0 Å². The first-order chi connectivity index (χ1) is 10.2. The lowest BCUT2D eigenvalue weighted by atomic mass is 10.0. The van der Waals surface area contributed by atoms with E-state index in [9.17, 15) is 14.7 Å². The van der Waals surface area contributed by atoms with E-state index in [0.29, 0.717) is 6.42 Å². The minimum absolute atomic E-state index is 0.0123. The van der Waals surface area contributed by atoms with E-state index in [0.717, 1.165) is 37.1 Å². The molecule has 1 N–H and O–H groups in total. The fourth-order valence-electron chi connectivity index (χ4n) is 3.15. The van der Waals surface area contributed by atoms with Crippen molar-refractivity contribution >= 4 is 17.6 Å². The summed E-state index contributed by atoms with van der Waals surface area (Å²) in [6.45, 7) is 1.02. The van der Waals surface area contributed by atoms with Crippen molar-refractivity contribution in [1.82, 2.24) is 0 Å². The first kappa shape index (κ1) is 14.1. The number of carboxylic acids is 1. The summed E-state index contributed by atoms with van der Waals surface area (Å²) >= 11 is 0. The molecule has 2 heterocycles. The molecule has 1 amide bonds. The van der Waals surface area contributed by atoms with Gasteiger partial charge in [0.05, 0.1) is 6.10 Å². The molecule has 0 spiro atoms. The topological polar surface area (TPSA) is 66.8 Å². The standard InChI is InChI=1S/C16H19NO4/c18-15(8-7-11-4-3-9-21-11)17-10-13(16(19)20)12-5-1-2-6-14(12)17/h1-2,5-6,11,13H,3-4,7-10H2,(H,19,20). The number of hydrogen-bond acceptors (Lipinski definition) is 3. The van der Waals surface area contributed by atoms with Crippen LogP contribution in [0.1, 0.15) is 37.2 Å². The Balaban J connectivity index is 1.70. The zero-order valence-electron chi connectivity index (χ0n) is 11.8. The maximum atomic E-state index is 12.4. The molecule has 21 heavy (non-hydrogen) atoms. The van der Waals surface area contributed by atoms with Crippen LogP contribution in [0.5, 0.6) is 0 Å². The van der Waals surface area contributed by atoms with Crippen LogP contribution in [0, 0.1) is 0 Å². The van der Waals surface area contributed by atoms with Gasteiger partial charge in [-0.1, -0.05) is 18.2 Å². The van der Waals surface area contributed by atoms with Crippen LogP contribution in [0.3, 0.4) is 0 Å². The summed E-state index contributed by atoms with van der Waals surface area (Å²) in [5.74, 6) is -1.51. The lowest BCUT2D eigenvalue weighted by molar-refractivity contribution is -0.138. The van der Waals surface area contributed by atoms with Crippen LogP contribution >= 0.6 is 0 Å². The summed E-state index contributed by atoms with van der Waals surface area (Å²) < 4.78 is 5.53. The Bertz CT molecular complexity index is 551. The predicted octanol–water partition coefficient (Wildman–Crippen LogP) is 2.16. The molecule has 3 rings (SSSR count). The smallest absolute Gasteiger partial charge is 0.312 e. The average molecular weight is 289 g/mol. The van der Waals surface area contributed by atoms with Gasteiger partial charge in [-0.2, -0.15) is 0 Å². The van der Waals surface area contributed by atoms with E-state index in [-0.39, 0.29) is 18.6 Å². The SMILES string of the molecule is O=C(O)C1CN(C(=O)CCC2CCCO2)c2ccccc21. The number of rotatable bonds is 4. The molecular weight excluding hydrogens is 270 g/mol. The zero-order chi connectivity index (χ0) is 14.8. The summed E-state index contributed by atoms with van der Waals surface area (Å²) in [5.41, 5.74) is 1.47. The highest BCUT2D eigenvalue weighted by atomic mass is 16.5. The molecule has 2 aliphatic rings. The maximum Gasteiger partial charge on any atom is 0.312 e. The fourth-order valence-corrected chi connectivity index (χ4v) is 3.15. The van der Waals surface area contributed by atoms with Gasteiger partial charge in [0, 0.05) is 25.3 Å². The van der Waals surface area contributed by atoms with E-state index >= 15 is 0 Å². The van der Waals surface area contributed by atoms with Crippen molar-refractivity contribution in [1.29, 1.82) is 0 Å². The third-order valence-corrected chi connectivity index (χ3v) is 4.27. The minimum Gasteiger partial charge on any atom is -0.481 e. The number of carbonyl (C=O) groups is 2. The minimum atomic E-state index is -0.878. The molecule has 5 heteroatoms. The number of carboxylic acid groups (broad SMARTS) is 1. The number of aliphatic carboxylic acids is 1. The van der Waals surface area contributed by atoms with Gasteiger partial charge >= 0.3 is 5.97 Å². The van der Waals surface area contributed by atoms with Crippen molar-refractivity contribution < 1.29 is 19.4 Å². The van der Waals surface area contributed by atoms with Crippen LogP contribution < -0.4 is 4.90 Å². The highest BCUT2D eigenvalue weighted by Crippen LogP contribution is 2.36. The second-order valence-corrected chi connectivity index (χ2v) is 5.63. The molecule has 1 aromatic rings. The molecule has 0 bridgehead atoms. The van der Waals surface area contributed by atoms with Crippen molar-refractivity contribution in [3.8, 4) is 0 Å². The van der Waals surface area contributed by atoms with Gasteiger partial charge in [-0.25, -0.2) is 0 Å². The van der Waals surface area contributed by atoms with Gasteiger partial charge in [-0.3, -0.25) is 9.59 Å². The molecule has 1 aromatic carbocycles. The number of carbonyl (C=O) groups excluding carboxylic acids is 1. The zero-order valence-corrected chi connectivity index (χ0v) is 11.8. The Morgan fingerprint density at radius 3 is 2.86 bits per heavy atom. The maximum absolute atomic E-state index is 12.4. The van der Waals surface area contributed by atoms with Crippen LogP contribution in [-0.2, 0) is 14.3 Å². The number of anilines is 1. The summed E-state index contributed by atoms with van der Waals surface area (Å²) in [7, 11) is 0. The van der Waals surface area contributed by atoms with Gasteiger partial charge in [0.2, 0.25) is 5.91 Å². The molecule has 0 saturated carbocycles. The Hall–Kier alpha value is -1.88. The van der Waals surface area contributed by atoms with E-state index in [4.69, 9.17) is 4.74 Å². The van der Waals surface area contributed by atoms with Crippen LogP contribution in [0.15, 0.2) is 24.3 Å². The van der Waals surface area contributed by atoms with Gasteiger partial charge in [0.25, 0.3) is 0 Å². The number of para-hydroxylation sites is 1. The highest BCUT2D eigenvalue weighted by molar-refractivity contribution is 5.98. The molecule has 112 valence electrons. The van der Waals surface area contributed by atoms with Crippen molar-refractivity contribution in [3.63, 3.8) is 0 Å². The normalized spacial score (nSPS) is 24.1. The van der Waals surface area contributed by atoms with Crippen molar-refractivity contribution in [2.75, 3.05) is 18.1 Å². The van der Waals surface area contributed by atoms with Gasteiger partial charge in [0.15, 0.2) is 0 Å². The van der Waals surface area contributed by atoms with E-state index in [1.54, 1.807) is 11.0 Å². The predicted molar refractivity (Wildman–Crippen MR) is 77.4 cm³/mol. The monoisotopic (exact) mass is 289 g/mol. The van der Waals surface area contributed by atoms with Gasteiger partial charge in [-0.15, -0.1) is 0 Å². The molecule has 0 aromatic heterocycles. The summed E-state index contributed by atoms with van der Waals surface area (Å²) in [6, 6.07) is 7.27. The molecule has 0 aliphatic carbocycles. The number of nitrogens with zero attached hydrogens (tertiary/aromatic N) is 1. The fraction of sp³-hybridized carbons (Fsp3) is 0.500. The third kappa shape index (κ3) is 2.78. The van der Waals surface area contributed by atoms with Gasteiger partial charge < -0.3 is 14.7 Å². The van der Waals surface area contributed by atoms with Gasteiger partial charge in [0.1, 0.15) is 5.92 Å². The summed E-state index contributed by atoms with van der Waals surface area (Å²) in [4.78, 5) is 25.4. The van der Waals surface area contributed by atoms with Crippen LogP contribution in [0.25, 0.3) is 0 Å². The number of fused-ring (bicyclic) bond motifs is 1. The van der Waals surface area contributed by atoms with Crippen LogP contribution in [0.2, 0.25) is 0 Å². The van der Waals surface area contributed by atoms with E-state index in [1.165, 1.54) is 0 Å². The Labute approximate surface area is 123 Å². The lowest BCUT2D eigenvalue weighted by Crippen LogP contribution is -2.31.